The Morgan fingerprint density at radius 3 is 2.53 bits per heavy atom. The molecule has 0 atom stereocenters. The number of carboxylic acid groups (broad SMARTS) is 1. The fourth-order valence-electron chi connectivity index (χ4n) is 2.61. The number of aromatic nitrogens is 1. The van der Waals surface area contributed by atoms with Gasteiger partial charge in [0.25, 0.3) is 5.91 Å². The number of amides is 1. The summed E-state index contributed by atoms with van der Waals surface area (Å²) < 4.78 is 11.6. The second-order valence-electron chi connectivity index (χ2n) is 6.75. The lowest BCUT2D eigenvalue weighted by atomic mass is 10.2. The van der Waals surface area contributed by atoms with Crippen molar-refractivity contribution in [2.45, 2.75) is 32.8 Å². The zero-order chi connectivity index (χ0) is 21.5. The van der Waals surface area contributed by atoms with E-state index >= 15 is 0 Å². The number of thiazole rings is 1. The maximum atomic E-state index is 12.8. The van der Waals surface area contributed by atoms with Crippen molar-refractivity contribution in [3.63, 3.8) is 0 Å². The summed E-state index contributed by atoms with van der Waals surface area (Å²) in [6.07, 6.45) is 1.90. The highest BCUT2D eigenvalue weighted by atomic mass is 32.1. The van der Waals surface area contributed by atoms with Crippen molar-refractivity contribution >= 4 is 28.3 Å². The highest BCUT2D eigenvalue weighted by Gasteiger charge is 2.14. The second kappa shape index (κ2) is 9.89. The number of nitrogens with zero attached hydrogens (tertiary/aromatic N) is 1. The van der Waals surface area contributed by atoms with Crippen molar-refractivity contribution in [1.82, 2.24) is 4.98 Å². The molecule has 3 rings (SSSR count). The van der Waals surface area contributed by atoms with Crippen molar-refractivity contribution in [3.05, 3.63) is 65.2 Å². The Bertz CT molecular complexity index is 1020. The van der Waals surface area contributed by atoms with E-state index in [9.17, 15) is 9.59 Å². The molecular weight excluding hydrogens is 404 g/mol. The molecule has 156 valence electrons. The molecule has 30 heavy (non-hydrogen) atoms. The maximum Gasteiger partial charge on any atom is 0.303 e. The summed E-state index contributed by atoms with van der Waals surface area (Å²) in [7, 11) is 0. The number of hydrogen-bond donors (Lipinski definition) is 2. The van der Waals surface area contributed by atoms with E-state index in [4.69, 9.17) is 14.6 Å². The molecule has 0 spiro atoms. The van der Waals surface area contributed by atoms with Crippen LogP contribution in [0.15, 0.2) is 54.7 Å². The monoisotopic (exact) mass is 426 g/mol. The Morgan fingerprint density at radius 1 is 1.10 bits per heavy atom. The van der Waals surface area contributed by atoms with Gasteiger partial charge in [-0.2, -0.15) is 0 Å². The maximum absolute atomic E-state index is 12.8. The number of aryl methyl sites for hydroxylation is 1. The molecule has 2 aromatic carbocycles. The lowest BCUT2D eigenvalue weighted by Crippen LogP contribution is -2.13. The fraction of sp³-hybridized carbons (Fsp3) is 0.227. The SMILES string of the molecule is CC(C)Oc1cc(Oc2ccccc2)cc(C(=O)Nc2ncc(CCC(=O)O)s2)c1. The lowest BCUT2D eigenvalue weighted by molar-refractivity contribution is -0.136. The molecule has 1 aromatic heterocycles. The standard InChI is InChI=1S/C22H22N2O5S/c1-14(2)28-17-10-15(11-18(12-17)29-16-6-4-3-5-7-16)21(27)24-22-23-13-19(30-22)8-9-20(25)26/h3-7,10-14H,8-9H2,1-2H3,(H,25,26)(H,23,24,27). The molecule has 0 aliphatic heterocycles. The number of carboxylic acids is 1. The number of aliphatic carboxylic acids is 1. The van der Waals surface area contributed by atoms with Gasteiger partial charge in [-0.15, -0.1) is 11.3 Å². The van der Waals surface area contributed by atoms with Gasteiger partial charge >= 0.3 is 5.97 Å². The molecule has 1 heterocycles. The van der Waals surface area contributed by atoms with Crippen LogP contribution in [0.2, 0.25) is 0 Å². The average Bonchev–Trinajstić information content (AvgIpc) is 3.14. The van der Waals surface area contributed by atoms with Gasteiger partial charge in [-0.05, 0) is 44.5 Å². The van der Waals surface area contributed by atoms with E-state index in [1.54, 1.807) is 24.4 Å². The summed E-state index contributed by atoms with van der Waals surface area (Å²) in [6.45, 7) is 3.80. The highest BCUT2D eigenvalue weighted by Crippen LogP contribution is 2.29. The van der Waals surface area contributed by atoms with Gasteiger partial charge in [0.15, 0.2) is 5.13 Å². The van der Waals surface area contributed by atoms with E-state index in [0.29, 0.717) is 34.4 Å². The number of hydrogen-bond acceptors (Lipinski definition) is 6. The van der Waals surface area contributed by atoms with Crippen molar-refractivity contribution in [2.75, 3.05) is 5.32 Å². The third kappa shape index (κ3) is 6.31. The van der Waals surface area contributed by atoms with Gasteiger partial charge in [-0.1, -0.05) is 18.2 Å². The van der Waals surface area contributed by atoms with Crippen molar-refractivity contribution in [3.8, 4) is 17.2 Å². The largest absolute Gasteiger partial charge is 0.491 e. The van der Waals surface area contributed by atoms with Gasteiger partial charge in [0.2, 0.25) is 0 Å². The molecule has 1 amide bonds. The number of para-hydroxylation sites is 1. The zero-order valence-electron chi connectivity index (χ0n) is 16.6. The van der Waals surface area contributed by atoms with Crippen molar-refractivity contribution in [1.29, 1.82) is 0 Å². The predicted octanol–water partition coefficient (Wildman–Crippen LogP) is 4.99. The summed E-state index contributed by atoms with van der Waals surface area (Å²) in [4.78, 5) is 28.4. The van der Waals surface area contributed by atoms with Crippen LogP contribution in [0.4, 0.5) is 5.13 Å². The number of carbonyl (C=O) groups excluding carboxylic acids is 1. The first-order valence-electron chi connectivity index (χ1n) is 9.41. The van der Waals surface area contributed by atoms with E-state index in [-0.39, 0.29) is 18.4 Å². The van der Waals surface area contributed by atoms with E-state index in [0.717, 1.165) is 4.88 Å². The highest BCUT2D eigenvalue weighted by molar-refractivity contribution is 7.15. The number of ether oxygens (including phenoxy) is 2. The van der Waals surface area contributed by atoms with E-state index < -0.39 is 5.97 Å². The lowest BCUT2D eigenvalue weighted by Gasteiger charge is -2.14. The van der Waals surface area contributed by atoms with Gasteiger partial charge < -0.3 is 14.6 Å². The van der Waals surface area contributed by atoms with Crippen LogP contribution in [0, 0.1) is 0 Å². The Labute approximate surface area is 178 Å². The zero-order valence-corrected chi connectivity index (χ0v) is 17.4. The van der Waals surface area contributed by atoms with E-state index in [1.807, 2.05) is 44.2 Å². The van der Waals surface area contributed by atoms with Crippen LogP contribution in [0.25, 0.3) is 0 Å². The number of benzene rings is 2. The third-order valence-electron chi connectivity index (χ3n) is 3.85. The third-order valence-corrected chi connectivity index (χ3v) is 4.82. The number of carbonyl (C=O) groups is 2. The molecule has 0 fully saturated rings. The summed E-state index contributed by atoms with van der Waals surface area (Å²) in [6, 6.07) is 14.3. The number of anilines is 1. The Hall–Kier alpha value is -3.39. The van der Waals surface area contributed by atoms with Crippen LogP contribution >= 0.6 is 11.3 Å². The molecular formula is C22H22N2O5S. The minimum atomic E-state index is -0.873. The van der Waals surface area contributed by atoms with Gasteiger partial charge in [0.05, 0.1) is 12.5 Å². The van der Waals surface area contributed by atoms with E-state index in [2.05, 4.69) is 10.3 Å². The Morgan fingerprint density at radius 2 is 1.83 bits per heavy atom. The first-order chi connectivity index (χ1) is 14.4. The molecule has 3 aromatic rings. The Kier molecular flexibility index (Phi) is 7.03. The average molecular weight is 426 g/mol. The summed E-state index contributed by atoms with van der Waals surface area (Å²) in [5.74, 6) is 0.410. The van der Waals surface area contributed by atoms with Crippen LogP contribution in [-0.2, 0) is 11.2 Å². The van der Waals surface area contributed by atoms with E-state index in [1.165, 1.54) is 11.3 Å². The van der Waals surface area contributed by atoms with Gasteiger partial charge in [0.1, 0.15) is 17.2 Å². The molecule has 0 radical (unpaired) electrons. The fourth-order valence-corrected chi connectivity index (χ4v) is 3.41. The predicted molar refractivity (Wildman–Crippen MR) is 115 cm³/mol. The second-order valence-corrected chi connectivity index (χ2v) is 7.87. The molecule has 0 saturated carbocycles. The minimum Gasteiger partial charge on any atom is -0.491 e. The molecule has 0 bridgehead atoms. The van der Waals surface area contributed by atoms with Gasteiger partial charge in [-0.25, -0.2) is 4.98 Å². The van der Waals surface area contributed by atoms with Crippen LogP contribution < -0.4 is 14.8 Å². The Balaban J connectivity index is 1.78. The molecule has 0 aliphatic rings. The first-order valence-corrected chi connectivity index (χ1v) is 10.2. The topological polar surface area (TPSA) is 97.8 Å². The molecule has 0 unspecified atom stereocenters. The van der Waals surface area contributed by atoms with Crippen LogP contribution in [0.5, 0.6) is 17.2 Å². The number of nitrogens with one attached hydrogen (secondary N) is 1. The summed E-state index contributed by atoms with van der Waals surface area (Å²) in [5, 5.41) is 11.9. The quantitative estimate of drug-likeness (QED) is 0.500. The molecule has 0 saturated heterocycles. The molecule has 8 heteroatoms. The molecule has 7 nitrogen and oxygen atoms in total. The normalized spacial score (nSPS) is 10.6. The van der Waals surface area contributed by atoms with Crippen molar-refractivity contribution in [2.24, 2.45) is 0 Å². The van der Waals surface area contributed by atoms with Crippen LogP contribution in [-0.4, -0.2) is 28.1 Å². The molecule has 0 aliphatic carbocycles. The molecule has 2 N–H and O–H groups in total. The number of rotatable bonds is 9. The summed E-state index contributed by atoms with van der Waals surface area (Å²) >= 11 is 1.25. The smallest absolute Gasteiger partial charge is 0.303 e. The minimum absolute atomic E-state index is 0.0182. The summed E-state index contributed by atoms with van der Waals surface area (Å²) in [5.41, 5.74) is 0.362. The van der Waals surface area contributed by atoms with Gasteiger partial charge in [-0.3, -0.25) is 14.9 Å². The van der Waals surface area contributed by atoms with Crippen molar-refractivity contribution < 1.29 is 24.2 Å². The van der Waals surface area contributed by atoms with Crippen LogP contribution in [0.1, 0.15) is 35.5 Å². The van der Waals surface area contributed by atoms with Crippen LogP contribution in [0.3, 0.4) is 0 Å². The van der Waals surface area contributed by atoms with Gasteiger partial charge in [0, 0.05) is 22.7 Å². The first kappa shape index (κ1) is 21.3.